The Hall–Kier alpha value is -1.35. The zero-order chi connectivity index (χ0) is 12.1. The molecule has 0 bridgehead atoms. The van der Waals surface area contributed by atoms with Gasteiger partial charge in [0.25, 0.3) is 0 Å². The predicted molar refractivity (Wildman–Crippen MR) is 66.5 cm³/mol. The van der Waals surface area contributed by atoms with E-state index in [2.05, 4.69) is 6.92 Å². The molecule has 1 heterocycles. The summed E-state index contributed by atoms with van der Waals surface area (Å²) in [6.45, 7) is 4.65. The predicted octanol–water partition coefficient (Wildman–Crippen LogP) is 2.07. The summed E-state index contributed by atoms with van der Waals surface area (Å²) in [6, 6.07) is 9.93. The Bertz CT molecular complexity index is 364. The summed E-state index contributed by atoms with van der Waals surface area (Å²) in [5, 5.41) is 0. The maximum atomic E-state index is 11.8. The number of carbonyl (C=O) groups is 1. The fourth-order valence-electron chi connectivity index (χ4n) is 2.08. The van der Waals surface area contributed by atoms with Crippen LogP contribution in [0.3, 0.4) is 0 Å². The second-order valence-corrected chi connectivity index (χ2v) is 4.71. The van der Waals surface area contributed by atoms with Crippen LogP contribution >= 0.6 is 0 Å². The Morgan fingerprint density at radius 2 is 2.18 bits per heavy atom. The number of likely N-dealkylation sites (tertiary alicyclic amines) is 1. The van der Waals surface area contributed by atoms with E-state index in [1.165, 1.54) is 0 Å². The van der Waals surface area contributed by atoms with Crippen LogP contribution in [-0.4, -0.2) is 30.5 Å². The minimum Gasteiger partial charge on any atom is -0.367 e. The molecule has 2 rings (SSSR count). The van der Waals surface area contributed by atoms with Crippen molar-refractivity contribution >= 4 is 5.91 Å². The van der Waals surface area contributed by atoms with Crippen molar-refractivity contribution in [2.45, 2.75) is 20.0 Å². The molecule has 17 heavy (non-hydrogen) atoms. The van der Waals surface area contributed by atoms with Crippen LogP contribution < -0.4 is 0 Å². The smallest absolute Gasteiger partial charge is 0.248 e. The summed E-state index contributed by atoms with van der Waals surface area (Å²) >= 11 is 0. The highest BCUT2D eigenvalue weighted by molar-refractivity contribution is 5.77. The van der Waals surface area contributed by atoms with Gasteiger partial charge in [-0.1, -0.05) is 37.3 Å². The molecular weight excluding hydrogens is 214 g/mol. The molecule has 0 N–H and O–H groups in total. The quantitative estimate of drug-likeness (QED) is 0.796. The Morgan fingerprint density at radius 1 is 1.41 bits per heavy atom. The van der Waals surface area contributed by atoms with Gasteiger partial charge in [-0.15, -0.1) is 0 Å². The molecule has 1 aliphatic heterocycles. The average molecular weight is 233 g/mol. The maximum absolute atomic E-state index is 11.8. The SMILES string of the molecule is CC1CCN(C(=O)COCc2ccccc2)C1. The molecule has 3 nitrogen and oxygen atoms in total. The largest absolute Gasteiger partial charge is 0.367 e. The molecule has 0 aromatic heterocycles. The molecule has 92 valence electrons. The number of hydrogen-bond acceptors (Lipinski definition) is 2. The first-order valence-electron chi connectivity index (χ1n) is 6.15. The van der Waals surface area contributed by atoms with E-state index in [0.717, 1.165) is 25.1 Å². The maximum Gasteiger partial charge on any atom is 0.248 e. The van der Waals surface area contributed by atoms with Gasteiger partial charge in [-0.05, 0) is 17.9 Å². The Morgan fingerprint density at radius 3 is 2.82 bits per heavy atom. The number of rotatable bonds is 4. The fourth-order valence-corrected chi connectivity index (χ4v) is 2.08. The molecule has 0 aliphatic carbocycles. The third kappa shape index (κ3) is 3.56. The van der Waals surface area contributed by atoms with Crippen molar-refractivity contribution in [3.05, 3.63) is 35.9 Å². The van der Waals surface area contributed by atoms with Gasteiger partial charge < -0.3 is 9.64 Å². The van der Waals surface area contributed by atoms with E-state index in [4.69, 9.17) is 4.74 Å². The highest BCUT2D eigenvalue weighted by atomic mass is 16.5. The van der Waals surface area contributed by atoms with Gasteiger partial charge in [0, 0.05) is 13.1 Å². The van der Waals surface area contributed by atoms with E-state index in [1.54, 1.807) is 0 Å². The fraction of sp³-hybridized carbons (Fsp3) is 0.500. The number of amides is 1. The van der Waals surface area contributed by atoms with Gasteiger partial charge in [0.1, 0.15) is 6.61 Å². The van der Waals surface area contributed by atoms with Gasteiger partial charge in [0.15, 0.2) is 0 Å². The molecule has 1 amide bonds. The standard InChI is InChI=1S/C14H19NO2/c1-12-7-8-15(9-12)14(16)11-17-10-13-5-3-2-4-6-13/h2-6,12H,7-11H2,1H3. The summed E-state index contributed by atoms with van der Waals surface area (Å²) < 4.78 is 5.44. The molecule has 0 spiro atoms. The minimum absolute atomic E-state index is 0.116. The van der Waals surface area contributed by atoms with Crippen LogP contribution in [0.4, 0.5) is 0 Å². The summed E-state index contributed by atoms with van der Waals surface area (Å²) in [6.07, 6.45) is 1.12. The van der Waals surface area contributed by atoms with Crippen molar-refractivity contribution < 1.29 is 9.53 Å². The van der Waals surface area contributed by atoms with Gasteiger partial charge in [-0.25, -0.2) is 0 Å². The van der Waals surface area contributed by atoms with Crippen LogP contribution in [0.5, 0.6) is 0 Å². The summed E-state index contributed by atoms with van der Waals surface area (Å²) in [7, 11) is 0. The average Bonchev–Trinajstić information content (AvgIpc) is 2.77. The molecule has 1 fully saturated rings. The molecule has 1 aromatic carbocycles. The van der Waals surface area contributed by atoms with E-state index in [-0.39, 0.29) is 12.5 Å². The van der Waals surface area contributed by atoms with Crippen LogP contribution in [-0.2, 0) is 16.1 Å². The topological polar surface area (TPSA) is 29.5 Å². The lowest BCUT2D eigenvalue weighted by molar-refractivity contribution is -0.135. The van der Waals surface area contributed by atoms with Crippen LogP contribution in [0.15, 0.2) is 30.3 Å². The van der Waals surface area contributed by atoms with E-state index in [1.807, 2.05) is 35.2 Å². The summed E-state index contributed by atoms with van der Waals surface area (Å²) in [5.41, 5.74) is 1.11. The lowest BCUT2D eigenvalue weighted by Gasteiger charge is -2.15. The van der Waals surface area contributed by atoms with Crippen molar-refractivity contribution in [3.8, 4) is 0 Å². The van der Waals surface area contributed by atoms with Gasteiger partial charge in [0.2, 0.25) is 5.91 Å². The molecule has 1 saturated heterocycles. The normalized spacial score (nSPS) is 19.6. The van der Waals surface area contributed by atoms with Gasteiger partial charge in [-0.3, -0.25) is 4.79 Å². The Balaban J connectivity index is 1.70. The monoisotopic (exact) mass is 233 g/mol. The minimum atomic E-state index is 0.116. The highest BCUT2D eigenvalue weighted by Gasteiger charge is 2.22. The summed E-state index contributed by atoms with van der Waals surface area (Å²) in [4.78, 5) is 13.7. The highest BCUT2D eigenvalue weighted by Crippen LogP contribution is 2.15. The van der Waals surface area contributed by atoms with Crippen LogP contribution in [0, 0.1) is 5.92 Å². The number of nitrogens with zero attached hydrogens (tertiary/aromatic N) is 1. The number of hydrogen-bond donors (Lipinski definition) is 0. The lowest BCUT2D eigenvalue weighted by atomic mass is 10.2. The van der Waals surface area contributed by atoms with E-state index < -0.39 is 0 Å². The van der Waals surface area contributed by atoms with Crippen molar-refractivity contribution in [2.24, 2.45) is 5.92 Å². The van der Waals surface area contributed by atoms with Gasteiger partial charge >= 0.3 is 0 Å². The number of benzene rings is 1. The molecule has 1 atom stereocenters. The third-order valence-corrected chi connectivity index (χ3v) is 3.11. The second kappa shape index (κ2) is 5.82. The van der Waals surface area contributed by atoms with Crippen LogP contribution in [0.25, 0.3) is 0 Å². The second-order valence-electron chi connectivity index (χ2n) is 4.71. The number of ether oxygens (including phenoxy) is 1. The van der Waals surface area contributed by atoms with E-state index in [0.29, 0.717) is 12.5 Å². The van der Waals surface area contributed by atoms with Crippen LogP contribution in [0.2, 0.25) is 0 Å². The third-order valence-electron chi connectivity index (χ3n) is 3.11. The Labute approximate surface area is 102 Å². The molecular formula is C14H19NO2. The molecule has 1 unspecified atom stereocenters. The van der Waals surface area contributed by atoms with Crippen LogP contribution in [0.1, 0.15) is 18.9 Å². The van der Waals surface area contributed by atoms with Crippen molar-refractivity contribution in [2.75, 3.05) is 19.7 Å². The van der Waals surface area contributed by atoms with Gasteiger partial charge in [0.05, 0.1) is 6.61 Å². The zero-order valence-electron chi connectivity index (χ0n) is 10.3. The van der Waals surface area contributed by atoms with E-state index in [9.17, 15) is 4.79 Å². The van der Waals surface area contributed by atoms with Crippen molar-refractivity contribution in [1.82, 2.24) is 4.90 Å². The first-order valence-corrected chi connectivity index (χ1v) is 6.15. The first-order chi connectivity index (χ1) is 8.25. The molecule has 1 aromatic rings. The Kier molecular flexibility index (Phi) is 4.15. The lowest BCUT2D eigenvalue weighted by Crippen LogP contribution is -2.31. The van der Waals surface area contributed by atoms with Crippen molar-refractivity contribution in [1.29, 1.82) is 0 Å². The molecule has 0 radical (unpaired) electrons. The van der Waals surface area contributed by atoms with E-state index >= 15 is 0 Å². The molecule has 1 aliphatic rings. The zero-order valence-corrected chi connectivity index (χ0v) is 10.3. The van der Waals surface area contributed by atoms with Gasteiger partial charge in [-0.2, -0.15) is 0 Å². The number of carbonyl (C=O) groups excluding carboxylic acids is 1. The van der Waals surface area contributed by atoms with Crippen molar-refractivity contribution in [3.63, 3.8) is 0 Å². The molecule has 3 heteroatoms. The molecule has 0 saturated carbocycles. The first kappa shape index (κ1) is 12.1. The summed E-state index contributed by atoms with van der Waals surface area (Å²) in [5.74, 6) is 0.748.